The van der Waals surface area contributed by atoms with Crippen molar-refractivity contribution in [2.45, 2.75) is 26.7 Å². The number of anilines is 2. The predicted molar refractivity (Wildman–Crippen MR) is 77.2 cm³/mol. The number of aromatic nitrogens is 2. The maximum Gasteiger partial charge on any atom is 0.134 e. The van der Waals surface area contributed by atoms with Gasteiger partial charge < -0.3 is 15.5 Å². The van der Waals surface area contributed by atoms with Gasteiger partial charge in [-0.15, -0.1) is 0 Å². The van der Waals surface area contributed by atoms with E-state index in [2.05, 4.69) is 46.5 Å². The van der Waals surface area contributed by atoms with Crippen LogP contribution in [0.2, 0.25) is 0 Å². The van der Waals surface area contributed by atoms with Crippen LogP contribution in [-0.2, 0) is 0 Å². The third kappa shape index (κ3) is 4.87. The maximum absolute atomic E-state index is 4.28. The fraction of sp³-hybridized carbons (Fsp3) is 0.692. The average molecular weight is 251 g/mol. The predicted octanol–water partition coefficient (Wildman–Crippen LogP) is 1.97. The zero-order valence-electron chi connectivity index (χ0n) is 12.0. The Balaban J connectivity index is 2.40. The second kappa shape index (κ2) is 7.87. The van der Waals surface area contributed by atoms with Crippen molar-refractivity contribution in [1.82, 2.24) is 14.9 Å². The molecular formula is C13H25N5. The number of unbranched alkanes of at least 4 members (excludes halogenated alkanes) is 1. The second-order valence-electron chi connectivity index (χ2n) is 4.66. The summed E-state index contributed by atoms with van der Waals surface area (Å²) in [6.07, 6.45) is 3.95. The molecule has 5 nitrogen and oxygen atoms in total. The Morgan fingerprint density at radius 3 is 2.39 bits per heavy atom. The monoisotopic (exact) mass is 251 g/mol. The van der Waals surface area contributed by atoms with Crippen LogP contribution >= 0.6 is 0 Å². The molecule has 0 aromatic carbocycles. The molecule has 0 atom stereocenters. The van der Waals surface area contributed by atoms with E-state index in [9.17, 15) is 0 Å². The molecule has 0 saturated heterocycles. The highest BCUT2D eigenvalue weighted by Crippen LogP contribution is 2.17. The minimum absolute atomic E-state index is 0.875. The Labute approximate surface area is 110 Å². The summed E-state index contributed by atoms with van der Waals surface area (Å²) < 4.78 is 0. The van der Waals surface area contributed by atoms with Crippen LogP contribution in [0.25, 0.3) is 0 Å². The number of nitrogens with one attached hydrogen (secondary N) is 2. The largest absolute Gasteiger partial charge is 0.370 e. The minimum Gasteiger partial charge on any atom is -0.370 e. The van der Waals surface area contributed by atoms with Gasteiger partial charge in [-0.3, -0.25) is 0 Å². The highest BCUT2D eigenvalue weighted by atomic mass is 15.1. The van der Waals surface area contributed by atoms with Crippen molar-refractivity contribution in [2.24, 2.45) is 0 Å². The molecule has 102 valence electrons. The molecule has 1 aromatic heterocycles. The molecule has 0 aliphatic rings. The Kier molecular flexibility index (Phi) is 6.43. The molecule has 0 radical (unpaired) electrons. The zero-order valence-corrected chi connectivity index (χ0v) is 12.0. The molecule has 0 unspecified atom stereocenters. The van der Waals surface area contributed by atoms with Crippen molar-refractivity contribution in [3.63, 3.8) is 0 Å². The summed E-state index contributed by atoms with van der Waals surface area (Å²) in [5.41, 5.74) is 1.09. The van der Waals surface area contributed by atoms with Gasteiger partial charge in [0.05, 0.1) is 0 Å². The van der Waals surface area contributed by atoms with Gasteiger partial charge in [0.1, 0.15) is 18.0 Å². The molecule has 5 heteroatoms. The van der Waals surface area contributed by atoms with Gasteiger partial charge in [-0.05, 0) is 47.3 Å². The van der Waals surface area contributed by atoms with Gasteiger partial charge in [0, 0.05) is 18.7 Å². The van der Waals surface area contributed by atoms with E-state index in [0.717, 1.165) is 43.3 Å². The standard InChI is InChI=1S/C13H25N5/c1-5-14-12-11(2)13(17-10-16-12)15-8-6-7-9-18(3)4/h10H,5-9H2,1-4H3,(H2,14,15,16,17). The van der Waals surface area contributed by atoms with E-state index < -0.39 is 0 Å². The van der Waals surface area contributed by atoms with Gasteiger partial charge >= 0.3 is 0 Å². The van der Waals surface area contributed by atoms with Gasteiger partial charge in [-0.25, -0.2) is 9.97 Å². The fourth-order valence-corrected chi connectivity index (χ4v) is 1.73. The first-order valence-electron chi connectivity index (χ1n) is 6.59. The molecule has 0 spiro atoms. The molecule has 1 rings (SSSR count). The Morgan fingerprint density at radius 2 is 1.78 bits per heavy atom. The van der Waals surface area contributed by atoms with Crippen LogP contribution in [0.4, 0.5) is 11.6 Å². The van der Waals surface area contributed by atoms with Gasteiger partial charge in [-0.1, -0.05) is 0 Å². The van der Waals surface area contributed by atoms with Gasteiger partial charge in [0.15, 0.2) is 0 Å². The molecule has 0 amide bonds. The highest BCUT2D eigenvalue weighted by molar-refractivity contribution is 5.56. The quantitative estimate of drug-likeness (QED) is 0.692. The Hall–Kier alpha value is -1.36. The first-order chi connectivity index (χ1) is 8.65. The smallest absolute Gasteiger partial charge is 0.134 e. The molecule has 0 aliphatic heterocycles. The van der Waals surface area contributed by atoms with Crippen molar-refractivity contribution >= 4 is 11.6 Å². The van der Waals surface area contributed by atoms with E-state index in [-0.39, 0.29) is 0 Å². The highest BCUT2D eigenvalue weighted by Gasteiger charge is 2.05. The van der Waals surface area contributed by atoms with Crippen LogP contribution in [0.3, 0.4) is 0 Å². The summed E-state index contributed by atoms with van der Waals surface area (Å²) >= 11 is 0. The topological polar surface area (TPSA) is 53.1 Å². The van der Waals surface area contributed by atoms with Crippen molar-refractivity contribution in [3.8, 4) is 0 Å². The maximum atomic E-state index is 4.28. The number of rotatable bonds is 8. The van der Waals surface area contributed by atoms with E-state index in [0.29, 0.717) is 0 Å². The third-order valence-electron chi connectivity index (χ3n) is 2.75. The van der Waals surface area contributed by atoms with Crippen molar-refractivity contribution in [2.75, 3.05) is 44.4 Å². The van der Waals surface area contributed by atoms with Crippen LogP contribution in [0.1, 0.15) is 25.3 Å². The lowest BCUT2D eigenvalue weighted by molar-refractivity contribution is 0.396. The number of nitrogens with zero attached hydrogens (tertiary/aromatic N) is 3. The summed E-state index contributed by atoms with van der Waals surface area (Å²) in [6, 6.07) is 0. The van der Waals surface area contributed by atoms with E-state index in [1.54, 1.807) is 6.33 Å². The number of hydrogen-bond donors (Lipinski definition) is 2. The summed E-state index contributed by atoms with van der Waals surface area (Å²) in [4.78, 5) is 10.7. The van der Waals surface area contributed by atoms with E-state index in [1.165, 1.54) is 6.42 Å². The summed E-state index contributed by atoms with van der Waals surface area (Å²) in [5.74, 6) is 1.86. The van der Waals surface area contributed by atoms with E-state index in [4.69, 9.17) is 0 Å². The van der Waals surface area contributed by atoms with Crippen LogP contribution in [0.15, 0.2) is 6.33 Å². The SMILES string of the molecule is CCNc1ncnc(NCCCCN(C)C)c1C. The summed E-state index contributed by atoms with van der Waals surface area (Å²) in [7, 11) is 4.20. The normalized spacial score (nSPS) is 10.7. The third-order valence-corrected chi connectivity index (χ3v) is 2.75. The van der Waals surface area contributed by atoms with Crippen LogP contribution < -0.4 is 10.6 Å². The van der Waals surface area contributed by atoms with Crippen molar-refractivity contribution in [1.29, 1.82) is 0 Å². The van der Waals surface area contributed by atoms with Crippen molar-refractivity contribution < 1.29 is 0 Å². The molecular weight excluding hydrogens is 226 g/mol. The van der Waals surface area contributed by atoms with Crippen molar-refractivity contribution in [3.05, 3.63) is 11.9 Å². The Bertz CT molecular complexity index is 351. The summed E-state index contributed by atoms with van der Waals surface area (Å²) in [6.45, 7) is 7.07. The van der Waals surface area contributed by atoms with Crippen LogP contribution in [0, 0.1) is 6.92 Å². The lowest BCUT2D eigenvalue weighted by Gasteiger charge is -2.12. The Morgan fingerprint density at radius 1 is 1.11 bits per heavy atom. The molecule has 1 heterocycles. The second-order valence-corrected chi connectivity index (χ2v) is 4.66. The first kappa shape index (κ1) is 14.7. The van der Waals surface area contributed by atoms with Crippen LogP contribution in [0.5, 0.6) is 0 Å². The molecule has 2 N–H and O–H groups in total. The zero-order chi connectivity index (χ0) is 13.4. The molecule has 0 fully saturated rings. The molecule has 0 aliphatic carbocycles. The molecule has 18 heavy (non-hydrogen) atoms. The lowest BCUT2D eigenvalue weighted by Crippen LogP contribution is -2.14. The summed E-state index contributed by atoms with van der Waals surface area (Å²) in [5, 5.41) is 6.61. The van der Waals surface area contributed by atoms with E-state index in [1.807, 2.05) is 6.92 Å². The van der Waals surface area contributed by atoms with Gasteiger partial charge in [-0.2, -0.15) is 0 Å². The fourth-order valence-electron chi connectivity index (χ4n) is 1.73. The minimum atomic E-state index is 0.875. The molecule has 0 saturated carbocycles. The van der Waals surface area contributed by atoms with Crippen LogP contribution in [-0.4, -0.2) is 48.6 Å². The molecule has 1 aromatic rings. The van der Waals surface area contributed by atoms with E-state index >= 15 is 0 Å². The van der Waals surface area contributed by atoms with Gasteiger partial charge in [0.2, 0.25) is 0 Å². The number of hydrogen-bond acceptors (Lipinski definition) is 5. The molecule has 0 bridgehead atoms. The average Bonchev–Trinajstić information content (AvgIpc) is 2.33. The van der Waals surface area contributed by atoms with Gasteiger partial charge in [0.25, 0.3) is 0 Å². The lowest BCUT2D eigenvalue weighted by atomic mass is 10.2. The first-order valence-corrected chi connectivity index (χ1v) is 6.59.